The van der Waals surface area contributed by atoms with Gasteiger partial charge in [0.15, 0.2) is 0 Å². The Kier molecular flexibility index (Phi) is 5.39. The van der Waals surface area contributed by atoms with Gasteiger partial charge < -0.3 is 5.32 Å². The van der Waals surface area contributed by atoms with Gasteiger partial charge in [0.05, 0.1) is 4.90 Å². The number of carbonyl (C=O) groups is 2. The monoisotopic (exact) mass is 450 g/mol. The Hall–Kier alpha value is -2.19. The van der Waals surface area contributed by atoms with Crippen LogP contribution in [0.5, 0.6) is 0 Å². The maximum absolute atomic E-state index is 12.9. The SMILES string of the molecule is Cc1ccc(S(=O)(=O)N2C(=O)CC[C@@H]2C(=O)Nc2ccc(Br)c(C)c2)cc1. The molecule has 0 aliphatic carbocycles. The van der Waals surface area contributed by atoms with Crippen LogP contribution in [0.2, 0.25) is 0 Å². The zero-order chi connectivity index (χ0) is 19.8. The summed E-state index contributed by atoms with van der Waals surface area (Å²) in [6.45, 7) is 3.72. The molecule has 3 rings (SSSR count). The fourth-order valence-electron chi connectivity index (χ4n) is 2.97. The van der Waals surface area contributed by atoms with Crippen molar-refractivity contribution in [3.63, 3.8) is 0 Å². The molecule has 1 aliphatic rings. The zero-order valence-electron chi connectivity index (χ0n) is 14.9. The smallest absolute Gasteiger partial charge is 0.267 e. The highest BCUT2D eigenvalue weighted by molar-refractivity contribution is 9.10. The molecule has 2 aromatic rings. The molecule has 8 heteroatoms. The largest absolute Gasteiger partial charge is 0.324 e. The highest BCUT2D eigenvalue weighted by Gasteiger charge is 2.44. The number of nitrogens with zero attached hydrogens (tertiary/aromatic N) is 1. The molecule has 1 aliphatic heterocycles. The van der Waals surface area contributed by atoms with E-state index < -0.39 is 27.9 Å². The molecule has 0 aromatic heterocycles. The quantitative estimate of drug-likeness (QED) is 0.773. The number of anilines is 1. The molecule has 1 fully saturated rings. The number of hydrogen-bond acceptors (Lipinski definition) is 4. The molecule has 1 N–H and O–H groups in total. The summed E-state index contributed by atoms with van der Waals surface area (Å²) in [7, 11) is -4.09. The summed E-state index contributed by atoms with van der Waals surface area (Å²) < 4.78 is 27.5. The summed E-state index contributed by atoms with van der Waals surface area (Å²) in [5.41, 5.74) is 2.38. The first-order valence-electron chi connectivity index (χ1n) is 8.41. The Labute approximate surface area is 166 Å². The molecule has 0 bridgehead atoms. The van der Waals surface area contributed by atoms with E-state index in [1.807, 2.05) is 13.8 Å². The van der Waals surface area contributed by atoms with E-state index in [2.05, 4.69) is 21.2 Å². The second-order valence-corrected chi connectivity index (χ2v) is 9.18. The Morgan fingerprint density at radius 3 is 2.44 bits per heavy atom. The second-order valence-electron chi connectivity index (χ2n) is 6.52. The van der Waals surface area contributed by atoms with Gasteiger partial charge in [0.25, 0.3) is 10.0 Å². The summed E-state index contributed by atoms with van der Waals surface area (Å²) in [4.78, 5) is 25.0. The number of aryl methyl sites for hydroxylation is 2. The lowest BCUT2D eigenvalue weighted by Gasteiger charge is -2.24. The molecule has 2 amide bonds. The number of amides is 2. The third-order valence-electron chi connectivity index (χ3n) is 4.47. The van der Waals surface area contributed by atoms with E-state index >= 15 is 0 Å². The van der Waals surface area contributed by atoms with Crippen molar-refractivity contribution < 1.29 is 18.0 Å². The number of rotatable bonds is 4. The van der Waals surface area contributed by atoms with Crippen molar-refractivity contribution in [3.05, 3.63) is 58.1 Å². The highest BCUT2D eigenvalue weighted by atomic mass is 79.9. The van der Waals surface area contributed by atoms with Crippen LogP contribution in [-0.2, 0) is 19.6 Å². The van der Waals surface area contributed by atoms with Crippen LogP contribution in [0.25, 0.3) is 0 Å². The zero-order valence-corrected chi connectivity index (χ0v) is 17.3. The van der Waals surface area contributed by atoms with Crippen molar-refractivity contribution in [3.8, 4) is 0 Å². The molecule has 142 valence electrons. The average molecular weight is 451 g/mol. The molecule has 0 saturated carbocycles. The highest BCUT2D eigenvalue weighted by Crippen LogP contribution is 2.29. The van der Waals surface area contributed by atoms with E-state index in [1.165, 1.54) is 12.1 Å². The number of halogens is 1. The summed E-state index contributed by atoms with van der Waals surface area (Å²) in [5, 5.41) is 2.72. The van der Waals surface area contributed by atoms with Crippen LogP contribution < -0.4 is 5.32 Å². The number of hydrogen-bond donors (Lipinski definition) is 1. The second kappa shape index (κ2) is 7.44. The molecule has 0 spiro atoms. The number of nitrogens with one attached hydrogen (secondary N) is 1. The van der Waals surface area contributed by atoms with Crippen molar-refractivity contribution in [1.29, 1.82) is 0 Å². The van der Waals surface area contributed by atoms with E-state index in [0.29, 0.717) is 5.69 Å². The Balaban J connectivity index is 1.88. The summed E-state index contributed by atoms with van der Waals surface area (Å²) in [6.07, 6.45) is 0.174. The first-order chi connectivity index (χ1) is 12.7. The minimum atomic E-state index is -4.09. The van der Waals surface area contributed by atoms with Crippen LogP contribution in [0.15, 0.2) is 51.8 Å². The number of benzene rings is 2. The van der Waals surface area contributed by atoms with Crippen LogP contribution in [-0.4, -0.2) is 30.6 Å². The first kappa shape index (κ1) is 19.6. The fourth-order valence-corrected chi connectivity index (χ4v) is 4.82. The van der Waals surface area contributed by atoms with Gasteiger partial charge in [0.2, 0.25) is 11.8 Å². The Morgan fingerprint density at radius 1 is 1.15 bits per heavy atom. The van der Waals surface area contributed by atoms with Crippen LogP contribution >= 0.6 is 15.9 Å². The van der Waals surface area contributed by atoms with E-state index in [0.717, 1.165) is 19.9 Å². The van der Waals surface area contributed by atoms with E-state index in [4.69, 9.17) is 0 Å². The van der Waals surface area contributed by atoms with Gasteiger partial charge in [-0.15, -0.1) is 0 Å². The van der Waals surface area contributed by atoms with Gasteiger partial charge in [0, 0.05) is 16.6 Å². The first-order valence-corrected chi connectivity index (χ1v) is 10.6. The van der Waals surface area contributed by atoms with Gasteiger partial charge in [-0.05, 0) is 56.2 Å². The van der Waals surface area contributed by atoms with Gasteiger partial charge in [-0.1, -0.05) is 33.6 Å². The van der Waals surface area contributed by atoms with Gasteiger partial charge in [-0.25, -0.2) is 12.7 Å². The molecule has 1 heterocycles. The molecule has 6 nitrogen and oxygen atoms in total. The minimum absolute atomic E-state index is 0.000589. The topological polar surface area (TPSA) is 83.6 Å². The third kappa shape index (κ3) is 3.91. The van der Waals surface area contributed by atoms with E-state index in [-0.39, 0.29) is 17.7 Å². The van der Waals surface area contributed by atoms with Gasteiger partial charge in [-0.3, -0.25) is 9.59 Å². The van der Waals surface area contributed by atoms with Gasteiger partial charge in [0.1, 0.15) is 6.04 Å². The van der Waals surface area contributed by atoms with Crippen LogP contribution in [0, 0.1) is 13.8 Å². The van der Waals surface area contributed by atoms with Crippen molar-refractivity contribution in [2.24, 2.45) is 0 Å². The minimum Gasteiger partial charge on any atom is -0.324 e. The predicted molar refractivity (Wildman–Crippen MR) is 106 cm³/mol. The summed E-state index contributed by atoms with van der Waals surface area (Å²) >= 11 is 3.39. The van der Waals surface area contributed by atoms with Crippen molar-refractivity contribution in [2.45, 2.75) is 37.6 Å². The Morgan fingerprint density at radius 2 is 1.81 bits per heavy atom. The molecule has 27 heavy (non-hydrogen) atoms. The summed E-state index contributed by atoms with van der Waals surface area (Å²) in [5.74, 6) is -1.08. The van der Waals surface area contributed by atoms with Gasteiger partial charge in [-0.2, -0.15) is 0 Å². The van der Waals surface area contributed by atoms with Crippen molar-refractivity contribution in [2.75, 3.05) is 5.32 Å². The lowest BCUT2D eigenvalue weighted by Crippen LogP contribution is -2.45. The molecular formula is C19H19BrN2O4S. The van der Waals surface area contributed by atoms with Gasteiger partial charge >= 0.3 is 0 Å². The van der Waals surface area contributed by atoms with E-state index in [9.17, 15) is 18.0 Å². The third-order valence-corrected chi connectivity index (χ3v) is 7.20. The standard InChI is InChI=1S/C19H19BrN2O4S/c1-12-3-6-15(7-4-12)27(25,26)22-17(9-10-18(22)23)19(24)21-14-5-8-16(20)13(2)11-14/h3-8,11,17H,9-10H2,1-2H3,(H,21,24)/t17-/m1/s1. The maximum Gasteiger partial charge on any atom is 0.267 e. The number of sulfonamides is 1. The van der Waals surface area contributed by atoms with Crippen molar-refractivity contribution >= 4 is 43.5 Å². The normalized spacial score (nSPS) is 17.2. The average Bonchev–Trinajstić information content (AvgIpc) is 3.01. The van der Waals surface area contributed by atoms with Crippen molar-refractivity contribution in [1.82, 2.24) is 4.31 Å². The predicted octanol–water partition coefficient (Wildman–Crippen LogP) is 3.38. The Bertz CT molecular complexity index is 1000. The molecule has 1 atom stereocenters. The van der Waals surface area contributed by atoms with Crippen LogP contribution in [0.3, 0.4) is 0 Å². The lowest BCUT2D eigenvalue weighted by atomic mass is 10.2. The number of carbonyl (C=O) groups excluding carboxylic acids is 2. The fraction of sp³-hybridized carbons (Fsp3) is 0.263. The molecule has 0 unspecified atom stereocenters. The molecule has 1 saturated heterocycles. The molecule has 0 radical (unpaired) electrons. The molecular weight excluding hydrogens is 432 g/mol. The summed E-state index contributed by atoms with van der Waals surface area (Å²) in [6, 6.07) is 10.4. The maximum atomic E-state index is 12.9. The van der Waals surface area contributed by atoms with Crippen LogP contribution in [0.1, 0.15) is 24.0 Å². The van der Waals surface area contributed by atoms with Crippen LogP contribution in [0.4, 0.5) is 5.69 Å². The lowest BCUT2D eigenvalue weighted by molar-refractivity contribution is -0.128. The molecule has 2 aromatic carbocycles. The van der Waals surface area contributed by atoms with E-state index in [1.54, 1.807) is 30.3 Å².